The highest BCUT2D eigenvalue weighted by molar-refractivity contribution is 5.86. The Morgan fingerprint density at radius 2 is 2.25 bits per heavy atom. The highest BCUT2D eigenvalue weighted by Gasteiger charge is 2.24. The van der Waals surface area contributed by atoms with Crippen LogP contribution in [0.15, 0.2) is 0 Å². The van der Waals surface area contributed by atoms with Crippen molar-refractivity contribution in [2.45, 2.75) is 45.6 Å². The van der Waals surface area contributed by atoms with E-state index >= 15 is 0 Å². The van der Waals surface area contributed by atoms with Crippen molar-refractivity contribution in [1.29, 1.82) is 0 Å². The van der Waals surface area contributed by atoms with E-state index in [1.54, 1.807) is 4.68 Å². The van der Waals surface area contributed by atoms with Crippen molar-refractivity contribution in [3.05, 3.63) is 11.4 Å². The van der Waals surface area contributed by atoms with E-state index in [1.807, 2.05) is 13.8 Å². The predicted molar refractivity (Wildman–Crippen MR) is 58.4 cm³/mol. The second-order valence-electron chi connectivity index (χ2n) is 4.74. The van der Waals surface area contributed by atoms with Crippen LogP contribution >= 0.6 is 0 Å². The van der Waals surface area contributed by atoms with Crippen LogP contribution in [0.3, 0.4) is 0 Å². The molecule has 5 heteroatoms. The molecule has 16 heavy (non-hydrogen) atoms. The van der Waals surface area contributed by atoms with Gasteiger partial charge in [0.25, 0.3) is 0 Å². The minimum Gasteiger partial charge on any atom is -0.476 e. The smallest absolute Gasteiger partial charge is 0.358 e. The standard InChI is InChI=1S/C11H17N3O2/c1-7(2)10-9(11(15)16)12-13-14(10)6-5-8-3-4-8/h7-8H,3-6H2,1-2H3,(H,15,16). The summed E-state index contributed by atoms with van der Waals surface area (Å²) >= 11 is 0. The lowest BCUT2D eigenvalue weighted by atomic mass is 10.1. The van der Waals surface area contributed by atoms with Gasteiger partial charge < -0.3 is 5.11 Å². The van der Waals surface area contributed by atoms with Crippen molar-refractivity contribution in [2.24, 2.45) is 5.92 Å². The average Bonchev–Trinajstić information content (AvgIpc) is 2.92. The van der Waals surface area contributed by atoms with E-state index in [0.717, 1.165) is 24.6 Å². The Morgan fingerprint density at radius 3 is 2.75 bits per heavy atom. The Bertz CT molecular complexity index is 394. The zero-order valence-corrected chi connectivity index (χ0v) is 9.68. The largest absolute Gasteiger partial charge is 0.476 e. The topological polar surface area (TPSA) is 68.0 Å². The van der Waals surface area contributed by atoms with Gasteiger partial charge in [0, 0.05) is 6.54 Å². The maximum absolute atomic E-state index is 11.0. The van der Waals surface area contributed by atoms with Gasteiger partial charge in [0.1, 0.15) is 0 Å². The molecule has 0 aromatic carbocycles. The predicted octanol–water partition coefficient (Wildman–Crippen LogP) is 1.90. The van der Waals surface area contributed by atoms with Gasteiger partial charge in [-0.2, -0.15) is 0 Å². The summed E-state index contributed by atoms with van der Waals surface area (Å²) in [6, 6.07) is 0. The highest BCUT2D eigenvalue weighted by atomic mass is 16.4. The summed E-state index contributed by atoms with van der Waals surface area (Å²) < 4.78 is 1.76. The number of aromatic nitrogens is 3. The molecule has 1 aliphatic carbocycles. The van der Waals surface area contributed by atoms with Crippen LogP contribution in [-0.2, 0) is 6.54 Å². The third-order valence-electron chi connectivity index (χ3n) is 2.97. The van der Waals surface area contributed by atoms with Gasteiger partial charge in [-0.1, -0.05) is 31.9 Å². The number of hydrogen-bond acceptors (Lipinski definition) is 3. The van der Waals surface area contributed by atoms with Crippen LogP contribution in [0.1, 0.15) is 55.2 Å². The zero-order valence-electron chi connectivity index (χ0n) is 9.68. The van der Waals surface area contributed by atoms with Gasteiger partial charge in [-0.05, 0) is 18.3 Å². The van der Waals surface area contributed by atoms with Crippen LogP contribution in [-0.4, -0.2) is 26.1 Å². The maximum Gasteiger partial charge on any atom is 0.358 e. The molecule has 1 saturated carbocycles. The van der Waals surface area contributed by atoms with Crippen molar-refractivity contribution >= 4 is 5.97 Å². The van der Waals surface area contributed by atoms with Gasteiger partial charge in [0.15, 0.2) is 5.69 Å². The highest BCUT2D eigenvalue weighted by Crippen LogP contribution is 2.33. The lowest BCUT2D eigenvalue weighted by Gasteiger charge is -2.09. The zero-order chi connectivity index (χ0) is 11.7. The summed E-state index contributed by atoms with van der Waals surface area (Å²) in [4.78, 5) is 11.0. The summed E-state index contributed by atoms with van der Waals surface area (Å²) in [5, 5.41) is 16.7. The number of rotatable bonds is 5. The fourth-order valence-electron chi connectivity index (χ4n) is 1.92. The van der Waals surface area contributed by atoms with Crippen molar-refractivity contribution in [3.8, 4) is 0 Å². The van der Waals surface area contributed by atoms with E-state index in [1.165, 1.54) is 12.8 Å². The van der Waals surface area contributed by atoms with E-state index in [4.69, 9.17) is 5.11 Å². The number of aryl methyl sites for hydroxylation is 1. The molecule has 88 valence electrons. The minimum absolute atomic E-state index is 0.103. The van der Waals surface area contributed by atoms with Gasteiger partial charge in [0.05, 0.1) is 5.69 Å². The molecule has 0 radical (unpaired) electrons. The summed E-state index contributed by atoms with van der Waals surface area (Å²) in [6.45, 7) is 4.73. The van der Waals surface area contributed by atoms with Crippen LogP contribution in [0.4, 0.5) is 0 Å². The van der Waals surface area contributed by atoms with Gasteiger partial charge in [-0.3, -0.25) is 0 Å². The van der Waals surface area contributed by atoms with Crippen molar-refractivity contribution in [1.82, 2.24) is 15.0 Å². The molecule has 1 N–H and O–H groups in total. The molecule has 1 aromatic heterocycles. The number of carbonyl (C=O) groups is 1. The van der Waals surface area contributed by atoms with Gasteiger partial charge in [0.2, 0.25) is 0 Å². The number of carboxylic acids is 1. The van der Waals surface area contributed by atoms with E-state index in [-0.39, 0.29) is 11.6 Å². The number of nitrogens with zero attached hydrogens (tertiary/aromatic N) is 3. The summed E-state index contributed by atoms with van der Waals surface area (Å²) in [5.74, 6) is -0.0286. The van der Waals surface area contributed by atoms with Crippen molar-refractivity contribution in [3.63, 3.8) is 0 Å². The first-order valence-electron chi connectivity index (χ1n) is 5.76. The van der Waals surface area contributed by atoms with Crippen LogP contribution < -0.4 is 0 Å². The first-order valence-corrected chi connectivity index (χ1v) is 5.76. The Labute approximate surface area is 94.5 Å². The summed E-state index contributed by atoms with van der Waals surface area (Å²) in [5.41, 5.74) is 0.846. The number of carboxylic acid groups (broad SMARTS) is 1. The normalized spacial score (nSPS) is 15.7. The maximum atomic E-state index is 11.0. The SMILES string of the molecule is CC(C)c1c(C(=O)O)nnn1CCC1CC1. The monoisotopic (exact) mass is 223 g/mol. The third kappa shape index (κ3) is 2.23. The second kappa shape index (κ2) is 4.23. The average molecular weight is 223 g/mol. The van der Waals surface area contributed by atoms with Gasteiger partial charge in [-0.15, -0.1) is 5.10 Å². The van der Waals surface area contributed by atoms with E-state index in [2.05, 4.69) is 10.3 Å². The quantitative estimate of drug-likeness (QED) is 0.827. The Balaban J connectivity index is 2.18. The molecule has 0 saturated heterocycles. The summed E-state index contributed by atoms with van der Waals surface area (Å²) in [7, 11) is 0. The van der Waals surface area contributed by atoms with Crippen molar-refractivity contribution in [2.75, 3.05) is 0 Å². The van der Waals surface area contributed by atoms with E-state index < -0.39 is 5.97 Å². The van der Waals surface area contributed by atoms with Crippen LogP contribution in [0.25, 0.3) is 0 Å². The lowest BCUT2D eigenvalue weighted by Crippen LogP contribution is -2.10. The molecule has 1 heterocycles. The first-order chi connectivity index (χ1) is 7.59. The van der Waals surface area contributed by atoms with Crippen LogP contribution in [0.5, 0.6) is 0 Å². The molecule has 5 nitrogen and oxygen atoms in total. The Morgan fingerprint density at radius 1 is 1.56 bits per heavy atom. The molecule has 1 fully saturated rings. The van der Waals surface area contributed by atoms with Gasteiger partial charge in [-0.25, -0.2) is 9.48 Å². The first kappa shape index (κ1) is 11.1. The fraction of sp³-hybridized carbons (Fsp3) is 0.727. The molecule has 0 atom stereocenters. The number of hydrogen-bond donors (Lipinski definition) is 1. The molecule has 0 bridgehead atoms. The Hall–Kier alpha value is -1.39. The molecule has 0 aliphatic heterocycles. The molecule has 1 aliphatic rings. The molecular formula is C11H17N3O2. The van der Waals surface area contributed by atoms with Gasteiger partial charge >= 0.3 is 5.97 Å². The fourth-order valence-corrected chi connectivity index (χ4v) is 1.92. The Kier molecular flexibility index (Phi) is 2.94. The number of aromatic carboxylic acids is 1. The lowest BCUT2D eigenvalue weighted by molar-refractivity contribution is 0.0688. The molecule has 1 aromatic rings. The molecular weight excluding hydrogens is 206 g/mol. The van der Waals surface area contributed by atoms with E-state index in [0.29, 0.717) is 0 Å². The molecule has 0 spiro atoms. The molecule has 2 rings (SSSR count). The second-order valence-corrected chi connectivity index (χ2v) is 4.74. The van der Waals surface area contributed by atoms with Crippen molar-refractivity contribution < 1.29 is 9.90 Å². The molecule has 0 unspecified atom stereocenters. The summed E-state index contributed by atoms with van der Waals surface area (Å²) in [6.07, 6.45) is 3.69. The third-order valence-corrected chi connectivity index (χ3v) is 2.97. The van der Waals surface area contributed by atoms with E-state index in [9.17, 15) is 4.79 Å². The van der Waals surface area contributed by atoms with Crippen LogP contribution in [0, 0.1) is 5.92 Å². The van der Waals surface area contributed by atoms with Crippen LogP contribution in [0.2, 0.25) is 0 Å². The minimum atomic E-state index is -0.985. The molecule has 0 amide bonds.